The van der Waals surface area contributed by atoms with Crippen LogP contribution in [0.2, 0.25) is 5.28 Å². The van der Waals surface area contributed by atoms with E-state index in [-0.39, 0.29) is 32.6 Å². The molecule has 156 valence electrons. The summed E-state index contributed by atoms with van der Waals surface area (Å²) in [7, 11) is -2.45. The van der Waals surface area contributed by atoms with Crippen LogP contribution in [-0.2, 0) is 10.0 Å². The molecule has 0 atom stereocenters. The topological polar surface area (TPSA) is 110 Å². The second-order valence-electron chi connectivity index (χ2n) is 6.66. The third-order valence-corrected chi connectivity index (χ3v) is 6.47. The summed E-state index contributed by atoms with van der Waals surface area (Å²) < 4.78 is 32.6. The van der Waals surface area contributed by atoms with E-state index in [0.717, 1.165) is 9.54 Å². The molecule has 2 aromatic heterocycles. The first-order valence-corrected chi connectivity index (χ1v) is 10.9. The highest BCUT2D eigenvalue weighted by Gasteiger charge is 2.25. The Hall–Kier alpha value is -3.61. The number of hydrogen-bond donors (Lipinski definition) is 1. The Morgan fingerprint density at radius 3 is 2.39 bits per heavy atom. The van der Waals surface area contributed by atoms with E-state index in [1.54, 1.807) is 43.5 Å². The van der Waals surface area contributed by atoms with Gasteiger partial charge in [0.15, 0.2) is 5.65 Å². The Morgan fingerprint density at radius 1 is 1.10 bits per heavy atom. The minimum atomic E-state index is -4.01. The Kier molecular flexibility index (Phi) is 5.27. The van der Waals surface area contributed by atoms with Gasteiger partial charge in [-0.1, -0.05) is 17.7 Å². The molecule has 8 nitrogen and oxygen atoms in total. The van der Waals surface area contributed by atoms with Crippen molar-refractivity contribution in [3.05, 3.63) is 71.1 Å². The number of aromatic nitrogens is 3. The summed E-state index contributed by atoms with van der Waals surface area (Å²) in [6.45, 7) is 1.86. The summed E-state index contributed by atoms with van der Waals surface area (Å²) in [5.74, 6) is 0.888. The fourth-order valence-electron chi connectivity index (χ4n) is 3.07. The maximum atomic E-state index is 13.3. The summed E-state index contributed by atoms with van der Waals surface area (Å²) in [5.41, 5.74) is 1.67. The molecule has 0 bridgehead atoms. The van der Waals surface area contributed by atoms with Crippen molar-refractivity contribution < 1.29 is 13.2 Å². The summed E-state index contributed by atoms with van der Waals surface area (Å²) in [6.07, 6.45) is 1.23. The van der Waals surface area contributed by atoms with Gasteiger partial charge in [-0.05, 0) is 54.9 Å². The van der Waals surface area contributed by atoms with Crippen molar-refractivity contribution >= 4 is 44.2 Å². The number of nitrogens with one attached hydrogen (secondary N) is 1. The molecule has 0 fully saturated rings. The summed E-state index contributed by atoms with van der Waals surface area (Å²) in [5, 5.41) is 12.8. The molecule has 1 N–H and O–H groups in total. The van der Waals surface area contributed by atoms with Gasteiger partial charge in [-0.25, -0.2) is 12.4 Å². The average molecular weight is 454 g/mol. The van der Waals surface area contributed by atoms with E-state index >= 15 is 0 Å². The Bertz CT molecular complexity index is 1420. The molecule has 0 aliphatic carbocycles. The molecule has 4 rings (SSSR count). The maximum Gasteiger partial charge on any atom is 0.269 e. The quantitative estimate of drug-likeness (QED) is 0.449. The highest BCUT2D eigenvalue weighted by molar-refractivity contribution is 7.90. The Labute approximate surface area is 183 Å². The smallest absolute Gasteiger partial charge is 0.269 e. The summed E-state index contributed by atoms with van der Waals surface area (Å²) in [6, 6.07) is 15.4. The predicted molar refractivity (Wildman–Crippen MR) is 117 cm³/mol. The van der Waals surface area contributed by atoms with Gasteiger partial charge in [0.1, 0.15) is 17.6 Å². The molecular weight excluding hydrogens is 438 g/mol. The van der Waals surface area contributed by atoms with E-state index in [4.69, 9.17) is 16.3 Å². The second-order valence-corrected chi connectivity index (χ2v) is 8.81. The lowest BCUT2D eigenvalue weighted by atomic mass is 10.2. The zero-order chi connectivity index (χ0) is 22.2. The first-order valence-electron chi connectivity index (χ1n) is 9.05. The van der Waals surface area contributed by atoms with Gasteiger partial charge in [0.25, 0.3) is 10.0 Å². The highest BCUT2D eigenvalue weighted by Crippen LogP contribution is 2.32. The van der Waals surface area contributed by atoms with E-state index in [9.17, 15) is 13.7 Å². The number of halogens is 1. The molecule has 0 radical (unpaired) electrons. The standard InChI is InChI=1S/C21H16ClN5O3S/c1-13-3-9-17(10-4-13)31(28,29)27-12-14(11-23)18-19(25-21(22)26-20(18)27)24-15-5-7-16(30-2)8-6-15/h3-10,12H,1-2H3,(H,24,25,26). The van der Waals surface area contributed by atoms with Gasteiger partial charge in [0.05, 0.1) is 23.0 Å². The number of rotatable bonds is 5. The zero-order valence-electron chi connectivity index (χ0n) is 16.5. The molecule has 0 spiro atoms. The molecular formula is C21H16ClN5O3S. The van der Waals surface area contributed by atoms with Crippen LogP contribution in [0.15, 0.2) is 59.6 Å². The Morgan fingerprint density at radius 2 is 1.77 bits per heavy atom. The van der Waals surface area contributed by atoms with Crippen molar-refractivity contribution in [3.63, 3.8) is 0 Å². The average Bonchev–Trinajstić information content (AvgIpc) is 3.14. The zero-order valence-corrected chi connectivity index (χ0v) is 18.1. The SMILES string of the molecule is COc1ccc(Nc2nc(Cl)nc3c2c(C#N)cn3S(=O)(=O)c2ccc(C)cc2)cc1. The van der Waals surface area contributed by atoms with Crippen LogP contribution < -0.4 is 10.1 Å². The fourth-order valence-corrected chi connectivity index (χ4v) is 4.54. The van der Waals surface area contributed by atoms with Crippen molar-refractivity contribution in [2.24, 2.45) is 0 Å². The molecule has 2 heterocycles. The van der Waals surface area contributed by atoms with Crippen LogP contribution >= 0.6 is 11.6 Å². The number of anilines is 2. The fraction of sp³-hybridized carbons (Fsp3) is 0.0952. The van der Waals surface area contributed by atoms with Crippen LogP contribution in [0.5, 0.6) is 5.75 Å². The van der Waals surface area contributed by atoms with Crippen LogP contribution in [0.4, 0.5) is 11.5 Å². The lowest BCUT2D eigenvalue weighted by Crippen LogP contribution is -2.13. The molecule has 0 amide bonds. The molecule has 10 heteroatoms. The largest absolute Gasteiger partial charge is 0.497 e. The molecule has 0 saturated carbocycles. The number of aryl methyl sites for hydroxylation is 1. The Balaban J connectivity index is 1.90. The van der Waals surface area contributed by atoms with Gasteiger partial charge in [-0.15, -0.1) is 0 Å². The monoisotopic (exact) mass is 453 g/mol. The molecule has 31 heavy (non-hydrogen) atoms. The van der Waals surface area contributed by atoms with Gasteiger partial charge < -0.3 is 10.1 Å². The van der Waals surface area contributed by atoms with Crippen LogP contribution in [0.3, 0.4) is 0 Å². The first-order chi connectivity index (χ1) is 14.8. The van der Waals surface area contributed by atoms with Gasteiger partial charge >= 0.3 is 0 Å². The summed E-state index contributed by atoms with van der Waals surface area (Å²) in [4.78, 5) is 8.36. The second kappa shape index (κ2) is 7.91. The summed E-state index contributed by atoms with van der Waals surface area (Å²) >= 11 is 6.11. The number of benzene rings is 2. The van der Waals surface area contributed by atoms with Crippen molar-refractivity contribution in [2.75, 3.05) is 12.4 Å². The number of hydrogen-bond acceptors (Lipinski definition) is 7. The number of nitriles is 1. The molecule has 4 aromatic rings. The van der Waals surface area contributed by atoms with E-state index in [2.05, 4.69) is 15.3 Å². The number of ether oxygens (including phenoxy) is 1. The molecule has 0 unspecified atom stereocenters. The number of fused-ring (bicyclic) bond motifs is 1. The third-order valence-electron chi connectivity index (χ3n) is 4.64. The minimum Gasteiger partial charge on any atom is -0.497 e. The van der Waals surface area contributed by atoms with Gasteiger partial charge in [0, 0.05) is 11.9 Å². The third kappa shape index (κ3) is 3.79. The number of nitrogens with zero attached hydrogens (tertiary/aromatic N) is 4. The van der Waals surface area contributed by atoms with Crippen LogP contribution in [-0.4, -0.2) is 29.5 Å². The van der Waals surface area contributed by atoms with Crippen LogP contribution in [0.25, 0.3) is 11.0 Å². The van der Waals surface area contributed by atoms with Crippen LogP contribution in [0, 0.1) is 18.3 Å². The lowest BCUT2D eigenvalue weighted by molar-refractivity contribution is 0.415. The lowest BCUT2D eigenvalue weighted by Gasteiger charge is -2.10. The van der Waals surface area contributed by atoms with Crippen molar-refractivity contribution in [1.82, 2.24) is 13.9 Å². The van der Waals surface area contributed by atoms with E-state index in [1.165, 1.54) is 18.3 Å². The minimum absolute atomic E-state index is 0.00753. The maximum absolute atomic E-state index is 13.3. The van der Waals surface area contributed by atoms with E-state index in [0.29, 0.717) is 11.4 Å². The van der Waals surface area contributed by atoms with E-state index in [1.807, 2.05) is 13.0 Å². The molecule has 0 aliphatic rings. The van der Waals surface area contributed by atoms with Gasteiger partial charge in [-0.2, -0.15) is 15.2 Å². The first kappa shape index (κ1) is 20.7. The van der Waals surface area contributed by atoms with E-state index < -0.39 is 10.0 Å². The van der Waals surface area contributed by atoms with Crippen molar-refractivity contribution in [3.8, 4) is 11.8 Å². The van der Waals surface area contributed by atoms with Crippen LogP contribution in [0.1, 0.15) is 11.1 Å². The van der Waals surface area contributed by atoms with Crippen molar-refractivity contribution in [2.45, 2.75) is 11.8 Å². The predicted octanol–water partition coefficient (Wildman–Crippen LogP) is 4.25. The number of methoxy groups -OCH3 is 1. The van der Waals surface area contributed by atoms with Gasteiger partial charge in [-0.3, -0.25) is 0 Å². The molecule has 0 saturated heterocycles. The van der Waals surface area contributed by atoms with Crippen molar-refractivity contribution in [1.29, 1.82) is 5.26 Å². The molecule has 2 aromatic carbocycles. The molecule has 0 aliphatic heterocycles. The van der Waals surface area contributed by atoms with Gasteiger partial charge in [0.2, 0.25) is 5.28 Å². The highest BCUT2D eigenvalue weighted by atomic mass is 35.5. The normalized spacial score (nSPS) is 11.3.